The standard InChI is InChI=1S/C20H16ClN3O5/c1-28-15-5-2-13(3-6-15)10-20(25)23-22-12-16-7-9-19(29-16)17-8-4-14(24(26)27)11-18(17)21/h2-9,11-12H,10H2,1H3,(H,23,25)/b22-12-. The number of nitrogens with zero attached hydrogens (tertiary/aromatic N) is 2. The summed E-state index contributed by atoms with van der Waals surface area (Å²) in [5.41, 5.74) is 3.66. The topological polar surface area (TPSA) is 107 Å². The molecule has 2 aromatic carbocycles. The lowest BCUT2D eigenvalue weighted by Gasteiger charge is -2.02. The van der Waals surface area contributed by atoms with E-state index >= 15 is 0 Å². The number of hydrazone groups is 1. The number of furan rings is 1. The summed E-state index contributed by atoms with van der Waals surface area (Å²) in [4.78, 5) is 22.2. The number of carbonyl (C=O) groups is 1. The summed E-state index contributed by atoms with van der Waals surface area (Å²) < 4.78 is 10.7. The number of amides is 1. The van der Waals surface area contributed by atoms with E-state index in [1.54, 1.807) is 43.5 Å². The first-order valence-electron chi connectivity index (χ1n) is 8.45. The number of ether oxygens (including phenoxy) is 1. The van der Waals surface area contributed by atoms with Gasteiger partial charge in [-0.25, -0.2) is 5.43 Å². The van der Waals surface area contributed by atoms with Crippen LogP contribution in [0, 0.1) is 10.1 Å². The summed E-state index contributed by atoms with van der Waals surface area (Å²) in [6.07, 6.45) is 1.53. The van der Waals surface area contributed by atoms with Gasteiger partial charge in [-0.15, -0.1) is 0 Å². The number of nitro benzene ring substituents is 1. The van der Waals surface area contributed by atoms with Crippen LogP contribution in [0.3, 0.4) is 0 Å². The highest BCUT2D eigenvalue weighted by Crippen LogP contribution is 2.32. The van der Waals surface area contributed by atoms with Gasteiger partial charge in [-0.05, 0) is 35.9 Å². The van der Waals surface area contributed by atoms with Gasteiger partial charge < -0.3 is 9.15 Å². The fraction of sp³-hybridized carbons (Fsp3) is 0.100. The normalized spacial score (nSPS) is 10.8. The van der Waals surface area contributed by atoms with E-state index in [-0.39, 0.29) is 23.0 Å². The predicted octanol–water partition coefficient (Wildman–Crippen LogP) is 4.21. The van der Waals surface area contributed by atoms with E-state index in [9.17, 15) is 14.9 Å². The van der Waals surface area contributed by atoms with Gasteiger partial charge in [0.1, 0.15) is 17.3 Å². The van der Waals surface area contributed by atoms with Crippen LogP contribution in [-0.2, 0) is 11.2 Å². The molecule has 0 atom stereocenters. The zero-order valence-corrected chi connectivity index (χ0v) is 16.1. The number of non-ortho nitro benzene ring substituents is 1. The molecule has 29 heavy (non-hydrogen) atoms. The van der Waals surface area contributed by atoms with Crippen LogP contribution in [0.5, 0.6) is 5.75 Å². The van der Waals surface area contributed by atoms with Gasteiger partial charge in [-0.3, -0.25) is 14.9 Å². The predicted molar refractivity (Wildman–Crippen MR) is 108 cm³/mol. The fourth-order valence-electron chi connectivity index (χ4n) is 2.52. The van der Waals surface area contributed by atoms with Crippen LogP contribution in [0.1, 0.15) is 11.3 Å². The van der Waals surface area contributed by atoms with Crippen molar-refractivity contribution < 1.29 is 18.9 Å². The molecule has 0 saturated carbocycles. The highest BCUT2D eigenvalue weighted by Gasteiger charge is 2.13. The highest BCUT2D eigenvalue weighted by atomic mass is 35.5. The first-order chi connectivity index (χ1) is 14.0. The van der Waals surface area contributed by atoms with Gasteiger partial charge in [-0.2, -0.15) is 5.10 Å². The van der Waals surface area contributed by atoms with Crippen molar-refractivity contribution in [2.75, 3.05) is 7.11 Å². The molecule has 0 unspecified atom stereocenters. The molecule has 0 radical (unpaired) electrons. The largest absolute Gasteiger partial charge is 0.497 e. The first-order valence-corrected chi connectivity index (χ1v) is 8.83. The van der Waals surface area contributed by atoms with Gasteiger partial charge in [0, 0.05) is 17.7 Å². The van der Waals surface area contributed by atoms with Gasteiger partial charge >= 0.3 is 0 Å². The maximum absolute atomic E-state index is 12.0. The number of hydrogen-bond acceptors (Lipinski definition) is 6. The molecular weight excluding hydrogens is 398 g/mol. The van der Waals surface area contributed by atoms with Crippen molar-refractivity contribution in [3.05, 3.63) is 81.1 Å². The van der Waals surface area contributed by atoms with Crippen LogP contribution in [0.2, 0.25) is 5.02 Å². The third kappa shape index (κ3) is 5.20. The molecule has 0 spiro atoms. The molecule has 9 heteroatoms. The second kappa shape index (κ2) is 9.03. The average Bonchev–Trinajstić information content (AvgIpc) is 3.17. The third-order valence-electron chi connectivity index (χ3n) is 3.96. The highest BCUT2D eigenvalue weighted by molar-refractivity contribution is 6.33. The van der Waals surface area contributed by atoms with E-state index in [1.165, 1.54) is 24.4 Å². The maximum atomic E-state index is 12.0. The molecule has 0 saturated heterocycles. The van der Waals surface area contributed by atoms with E-state index in [1.807, 2.05) is 0 Å². The van der Waals surface area contributed by atoms with Crippen LogP contribution < -0.4 is 10.2 Å². The Morgan fingerprint density at radius 2 is 2.00 bits per heavy atom. The smallest absolute Gasteiger partial charge is 0.270 e. The third-order valence-corrected chi connectivity index (χ3v) is 4.27. The Kier molecular flexibility index (Phi) is 6.25. The van der Waals surface area contributed by atoms with Crippen molar-refractivity contribution in [3.8, 4) is 17.1 Å². The number of nitrogens with one attached hydrogen (secondary N) is 1. The molecule has 0 bridgehead atoms. The number of rotatable bonds is 7. The summed E-state index contributed by atoms with van der Waals surface area (Å²) >= 11 is 6.10. The molecule has 1 N–H and O–H groups in total. The number of hydrogen-bond donors (Lipinski definition) is 1. The summed E-state index contributed by atoms with van der Waals surface area (Å²) in [6, 6.07) is 14.6. The molecule has 8 nitrogen and oxygen atoms in total. The van der Waals surface area contributed by atoms with E-state index < -0.39 is 4.92 Å². The van der Waals surface area contributed by atoms with E-state index in [0.717, 1.165) is 5.56 Å². The van der Waals surface area contributed by atoms with Crippen LogP contribution in [0.4, 0.5) is 5.69 Å². The minimum atomic E-state index is -0.523. The lowest BCUT2D eigenvalue weighted by Crippen LogP contribution is -2.19. The number of halogens is 1. The van der Waals surface area contributed by atoms with Crippen molar-refractivity contribution in [3.63, 3.8) is 0 Å². The summed E-state index contributed by atoms with van der Waals surface area (Å²) in [6.45, 7) is 0. The number of methoxy groups -OCH3 is 1. The van der Waals surface area contributed by atoms with Gasteiger partial charge in [-0.1, -0.05) is 23.7 Å². The number of benzene rings is 2. The van der Waals surface area contributed by atoms with E-state index in [2.05, 4.69) is 10.5 Å². The molecule has 0 fully saturated rings. The van der Waals surface area contributed by atoms with Crippen molar-refractivity contribution in [2.24, 2.45) is 5.10 Å². The molecule has 0 aliphatic heterocycles. The van der Waals surface area contributed by atoms with Gasteiger partial charge in [0.05, 0.1) is 29.7 Å². The number of carbonyl (C=O) groups excluding carboxylic acids is 1. The molecule has 1 amide bonds. The lowest BCUT2D eigenvalue weighted by atomic mass is 10.1. The Bertz CT molecular complexity index is 1060. The zero-order valence-electron chi connectivity index (χ0n) is 15.3. The Morgan fingerprint density at radius 1 is 1.24 bits per heavy atom. The van der Waals surface area contributed by atoms with Crippen LogP contribution in [0.25, 0.3) is 11.3 Å². The van der Waals surface area contributed by atoms with Crippen molar-refractivity contribution >= 4 is 29.4 Å². The van der Waals surface area contributed by atoms with E-state index in [0.29, 0.717) is 22.8 Å². The maximum Gasteiger partial charge on any atom is 0.270 e. The Labute approximate surface area is 170 Å². The van der Waals surface area contributed by atoms with Crippen molar-refractivity contribution in [1.29, 1.82) is 0 Å². The lowest BCUT2D eigenvalue weighted by molar-refractivity contribution is -0.384. The number of nitro groups is 1. The van der Waals surface area contributed by atoms with E-state index in [4.69, 9.17) is 20.8 Å². The average molecular weight is 414 g/mol. The molecular formula is C20H16ClN3O5. The molecule has 148 valence electrons. The Balaban J connectivity index is 1.60. The molecule has 0 aliphatic carbocycles. The molecule has 1 aromatic heterocycles. The molecule has 0 aliphatic rings. The SMILES string of the molecule is COc1ccc(CC(=O)N/N=C\c2ccc(-c3ccc([N+](=O)[O-])cc3Cl)o2)cc1. The second-order valence-electron chi connectivity index (χ2n) is 5.94. The second-order valence-corrected chi connectivity index (χ2v) is 6.35. The zero-order chi connectivity index (χ0) is 20.8. The van der Waals surface area contributed by atoms with Gasteiger partial charge in [0.15, 0.2) is 0 Å². The first kappa shape index (κ1) is 20.1. The molecule has 1 heterocycles. The van der Waals surface area contributed by atoms with Crippen LogP contribution >= 0.6 is 11.6 Å². The monoisotopic (exact) mass is 413 g/mol. The quantitative estimate of drug-likeness (QED) is 0.354. The van der Waals surface area contributed by atoms with Gasteiger partial charge in [0.25, 0.3) is 5.69 Å². The van der Waals surface area contributed by atoms with Crippen molar-refractivity contribution in [1.82, 2.24) is 5.43 Å². The summed E-state index contributed by atoms with van der Waals surface area (Å²) in [5, 5.41) is 14.9. The van der Waals surface area contributed by atoms with Crippen molar-refractivity contribution in [2.45, 2.75) is 6.42 Å². The molecule has 3 aromatic rings. The minimum Gasteiger partial charge on any atom is -0.497 e. The fourth-order valence-corrected chi connectivity index (χ4v) is 2.79. The van der Waals surface area contributed by atoms with Gasteiger partial charge in [0.2, 0.25) is 5.91 Å². The Hall–Kier alpha value is -3.65. The molecule has 3 rings (SSSR count). The van der Waals surface area contributed by atoms with Crippen LogP contribution in [0.15, 0.2) is 64.1 Å². The minimum absolute atomic E-state index is 0.105. The van der Waals surface area contributed by atoms with Crippen LogP contribution in [-0.4, -0.2) is 24.2 Å². The summed E-state index contributed by atoms with van der Waals surface area (Å²) in [7, 11) is 1.58. The Morgan fingerprint density at radius 3 is 2.66 bits per heavy atom. The summed E-state index contributed by atoms with van der Waals surface area (Å²) in [5.74, 6) is 1.25.